The smallest absolute Gasteiger partial charge is 0.353 e. The van der Waals surface area contributed by atoms with Crippen molar-refractivity contribution in [2.75, 3.05) is 19.0 Å². The standard InChI is InChI=1S/C19H22N4O4S/c1-26-10-13-9-23-18(27-13)16(8-20-23)28(25)22-19(24)21-17-14-4-2-3-11(14)7-12-5-6-15(12)17/h7-8,13,28H,2-6,9-10H2,1H3,(H,21,24)/t13-/m1/s1. The van der Waals surface area contributed by atoms with Gasteiger partial charge in [0.25, 0.3) is 0 Å². The number of rotatable bonds is 4. The van der Waals surface area contributed by atoms with Gasteiger partial charge in [-0.1, -0.05) is 6.07 Å². The van der Waals surface area contributed by atoms with Crippen LogP contribution in [0.1, 0.15) is 28.7 Å². The summed E-state index contributed by atoms with van der Waals surface area (Å²) in [5, 5.41) is 7.10. The Morgan fingerprint density at radius 1 is 1.36 bits per heavy atom. The molecule has 1 aliphatic heterocycles. The molecule has 1 aromatic heterocycles. The second kappa shape index (κ2) is 6.89. The molecule has 1 aromatic carbocycles. The summed E-state index contributed by atoms with van der Waals surface area (Å²) in [6.45, 7) is 0.947. The van der Waals surface area contributed by atoms with Crippen molar-refractivity contribution in [2.45, 2.75) is 49.6 Å². The van der Waals surface area contributed by atoms with Crippen LogP contribution in [0.15, 0.2) is 21.5 Å². The lowest BCUT2D eigenvalue weighted by atomic mass is 9.83. The molecule has 0 spiro atoms. The van der Waals surface area contributed by atoms with E-state index in [4.69, 9.17) is 9.47 Å². The molecule has 148 valence electrons. The summed E-state index contributed by atoms with van der Waals surface area (Å²) in [6, 6.07) is 1.69. The molecule has 0 fully saturated rings. The number of nitrogens with zero attached hydrogens (tertiary/aromatic N) is 3. The Morgan fingerprint density at radius 2 is 2.18 bits per heavy atom. The maximum Gasteiger partial charge on any atom is 0.353 e. The summed E-state index contributed by atoms with van der Waals surface area (Å²) in [5.74, 6) is 0.407. The van der Waals surface area contributed by atoms with Crippen molar-refractivity contribution < 1.29 is 18.5 Å². The van der Waals surface area contributed by atoms with E-state index in [2.05, 4.69) is 20.8 Å². The molecule has 2 aromatic rings. The first-order valence-electron chi connectivity index (χ1n) is 9.52. The van der Waals surface area contributed by atoms with Gasteiger partial charge in [0.2, 0.25) is 5.88 Å². The molecule has 0 radical (unpaired) electrons. The number of hydrogen-bond acceptors (Lipinski definition) is 5. The van der Waals surface area contributed by atoms with Gasteiger partial charge in [-0.2, -0.15) is 5.10 Å². The Labute approximate surface area is 164 Å². The van der Waals surface area contributed by atoms with Crippen molar-refractivity contribution >= 4 is 22.3 Å². The molecule has 9 heteroatoms. The van der Waals surface area contributed by atoms with E-state index < -0.39 is 16.6 Å². The molecule has 0 saturated carbocycles. The van der Waals surface area contributed by atoms with Gasteiger partial charge in [0.05, 0.1) is 29.9 Å². The van der Waals surface area contributed by atoms with Crippen molar-refractivity contribution in [2.24, 2.45) is 4.36 Å². The van der Waals surface area contributed by atoms with Crippen LogP contribution < -0.4 is 10.1 Å². The van der Waals surface area contributed by atoms with Crippen LogP contribution >= 0.6 is 0 Å². The first-order chi connectivity index (χ1) is 13.6. The Balaban J connectivity index is 1.38. The highest BCUT2D eigenvalue weighted by Gasteiger charge is 2.28. The number of thiol groups is 1. The third-order valence-corrected chi connectivity index (χ3v) is 6.73. The number of carbonyl (C=O) groups is 1. The lowest BCUT2D eigenvalue weighted by Gasteiger charge is -2.25. The third kappa shape index (κ3) is 2.89. The summed E-state index contributed by atoms with van der Waals surface area (Å²) < 4.78 is 29.0. The average molecular weight is 402 g/mol. The topological polar surface area (TPSA) is 94.8 Å². The van der Waals surface area contributed by atoms with Gasteiger partial charge in [0.15, 0.2) is 0 Å². The van der Waals surface area contributed by atoms with Crippen LogP contribution in [0.5, 0.6) is 5.88 Å². The highest BCUT2D eigenvalue weighted by atomic mass is 32.2. The van der Waals surface area contributed by atoms with Crippen molar-refractivity contribution in [1.82, 2.24) is 9.78 Å². The zero-order valence-electron chi connectivity index (χ0n) is 15.6. The Morgan fingerprint density at radius 3 is 2.96 bits per heavy atom. The molecule has 5 rings (SSSR count). The molecule has 2 amide bonds. The van der Waals surface area contributed by atoms with Crippen molar-refractivity contribution in [3.8, 4) is 5.88 Å². The largest absolute Gasteiger partial charge is 0.469 e. The predicted molar refractivity (Wildman–Crippen MR) is 104 cm³/mol. The first kappa shape index (κ1) is 17.7. The fraction of sp³-hybridized carbons (Fsp3) is 0.474. The van der Waals surface area contributed by atoms with Crippen LogP contribution in [0.2, 0.25) is 0 Å². The maximum atomic E-state index is 12.7. The molecule has 2 heterocycles. The molecule has 0 saturated heterocycles. The van der Waals surface area contributed by atoms with Gasteiger partial charge < -0.3 is 14.8 Å². The molecule has 0 bridgehead atoms. The molecule has 2 atom stereocenters. The lowest BCUT2D eigenvalue weighted by molar-refractivity contribution is 0.0920. The van der Waals surface area contributed by atoms with E-state index in [0.29, 0.717) is 23.9 Å². The predicted octanol–water partition coefficient (Wildman–Crippen LogP) is 2.13. The summed E-state index contributed by atoms with van der Waals surface area (Å²) in [4.78, 5) is 12.9. The second-order valence-corrected chi connectivity index (χ2v) is 8.62. The SMILES string of the molecule is COC[C@H]1Cn2ncc([SH](=O)=NC(=O)Nc3c4c(cc5c3CC5)CCC4)c2O1. The van der Waals surface area contributed by atoms with E-state index in [0.717, 1.165) is 37.8 Å². The Bertz CT molecular complexity index is 1050. The van der Waals surface area contributed by atoms with Crippen LogP contribution in [-0.4, -0.2) is 39.8 Å². The van der Waals surface area contributed by atoms with Crippen LogP contribution in [0.25, 0.3) is 0 Å². The van der Waals surface area contributed by atoms with Gasteiger partial charge in [0.1, 0.15) is 11.0 Å². The molecule has 8 nitrogen and oxygen atoms in total. The lowest BCUT2D eigenvalue weighted by Crippen LogP contribution is -2.21. The van der Waals surface area contributed by atoms with E-state index >= 15 is 0 Å². The minimum absolute atomic E-state index is 0.171. The summed E-state index contributed by atoms with van der Waals surface area (Å²) in [5.41, 5.74) is 5.95. The third-order valence-electron chi connectivity index (χ3n) is 5.64. The molecular weight excluding hydrogens is 380 g/mol. The number of urea groups is 1. The quantitative estimate of drug-likeness (QED) is 0.764. The number of fused-ring (bicyclic) bond motifs is 3. The fourth-order valence-electron chi connectivity index (χ4n) is 4.27. The van der Waals surface area contributed by atoms with E-state index in [1.54, 1.807) is 11.8 Å². The number of aryl methyl sites for hydroxylation is 2. The first-order valence-corrected chi connectivity index (χ1v) is 10.7. The van der Waals surface area contributed by atoms with Crippen LogP contribution in [0, 0.1) is 0 Å². The zero-order valence-corrected chi connectivity index (χ0v) is 16.5. The van der Waals surface area contributed by atoms with E-state index in [1.165, 1.54) is 28.5 Å². The van der Waals surface area contributed by atoms with Gasteiger partial charge in [-0.05, 0) is 54.4 Å². The van der Waals surface area contributed by atoms with Crippen molar-refractivity contribution in [3.63, 3.8) is 0 Å². The van der Waals surface area contributed by atoms with Gasteiger partial charge in [-0.3, -0.25) is 0 Å². The van der Waals surface area contributed by atoms with E-state index in [-0.39, 0.29) is 6.10 Å². The maximum absolute atomic E-state index is 12.7. The molecule has 28 heavy (non-hydrogen) atoms. The van der Waals surface area contributed by atoms with Gasteiger partial charge in [-0.15, -0.1) is 4.36 Å². The number of anilines is 1. The minimum Gasteiger partial charge on any atom is -0.469 e. The molecule has 3 aliphatic rings. The summed E-state index contributed by atoms with van der Waals surface area (Å²) in [6.07, 6.45) is 6.44. The number of methoxy groups -OCH3 is 1. The number of ether oxygens (including phenoxy) is 2. The Kier molecular flexibility index (Phi) is 4.36. The van der Waals surface area contributed by atoms with Crippen LogP contribution in [-0.2, 0) is 47.6 Å². The number of nitrogens with one attached hydrogen (secondary N) is 1. The average Bonchev–Trinajstić information content (AvgIpc) is 3.32. The van der Waals surface area contributed by atoms with Crippen molar-refractivity contribution in [1.29, 1.82) is 0 Å². The second-order valence-electron chi connectivity index (χ2n) is 7.40. The monoisotopic (exact) mass is 402 g/mol. The van der Waals surface area contributed by atoms with Gasteiger partial charge >= 0.3 is 6.03 Å². The molecule has 1 N–H and O–H groups in total. The van der Waals surface area contributed by atoms with Crippen molar-refractivity contribution in [3.05, 3.63) is 34.5 Å². The van der Waals surface area contributed by atoms with Crippen LogP contribution in [0.3, 0.4) is 0 Å². The van der Waals surface area contributed by atoms with Gasteiger partial charge in [-0.25, -0.2) is 13.7 Å². The number of aromatic nitrogens is 2. The summed E-state index contributed by atoms with van der Waals surface area (Å²) in [7, 11) is -0.699. The number of benzene rings is 1. The molecular formula is C19H22N4O4S. The number of hydrogen-bond donors (Lipinski definition) is 2. The van der Waals surface area contributed by atoms with E-state index in [9.17, 15) is 9.00 Å². The summed E-state index contributed by atoms with van der Waals surface area (Å²) >= 11 is 0. The highest BCUT2D eigenvalue weighted by Crippen LogP contribution is 2.39. The van der Waals surface area contributed by atoms with E-state index in [1.807, 2.05) is 0 Å². The molecule has 1 unspecified atom stereocenters. The number of amides is 2. The zero-order chi connectivity index (χ0) is 19.3. The number of carbonyl (C=O) groups excluding carboxylic acids is 1. The molecule has 2 aliphatic carbocycles. The normalized spacial score (nSPS) is 20.1. The van der Waals surface area contributed by atoms with Crippen LogP contribution in [0.4, 0.5) is 10.5 Å². The fourth-order valence-corrected chi connectivity index (χ4v) is 5.08. The Hall–Kier alpha value is -2.39. The highest BCUT2D eigenvalue weighted by molar-refractivity contribution is 7.75. The van der Waals surface area contributed by atoms with Gasteiger partial charge in [0, 0.05) is 12.8 Å². The minimum atomic E-state index is -2.30.